The first kappa shape index (κ1) is 20.0. The van der Waals surface area contributed by atoms with Gasteiger partial charge in [-0.1, -0.05) is 18.2 Å². The summed E-state index contributed by atoms with van der Waals surface area (Å²) < 4.78 is 2.05. The molecule has 0 aliphatic heterocycles. The van der Waals surface area contributed by atoms with E-state index >= 15 is 0 Å². The van der Waals surface area contributed by atoms with Crippen molar-refractivity contribution in [3.63, 3.8) is 0 Å². The number of aliphatic hydroxyl groups is 1. The van der Waals surface area contributed by atoms with Gasteiger partial charge >= 0.3 is 0 Å². The van der Waals surface area contributed by atoms with Gasteiger partial charge in [0, 0.05) is 35.7 Å². The standard InChI is InChI=1S/C24H27N3O3/c25-24(30)21-12-9-19(15-22(21)26-17-7-10-20(28)11-8-17)27-13-3-5-18(27)14-16-4-1-2-6-23(16)29/h1-6,9,12-13,15,17,20,26,28-29H,7-8,10-11,14H2,(H2,25,30)/t17-,20-. The molecule has 1 heterocycles. The minimum atomic E-state index is -0.471. The van der Waals surface area contributed by atoms with Crippen LogP contribution in [0.4, 0.5) is 5.69 Å². The lowest BCUT2D eigenvalue weighted by atomic mass is 9.92. The molecule has 1 fully saturated rings. The van der Waals surface area contributed by atoms with Gasteiger partial charge in [-0.15, -0.1) is 0 Å². The number of benzene rings is 2. The minimum Gasteiger partial charge on any atom is -0.508 e. The molecule has 5 N–H and O–H groups in total. The largest absolute Gasteiger partial charge is 0.508 e. The van der Waals surface area contributed by atoms with Gasteiger partial charge in [0.1, 0.15) is 5.75 Å². The minimum absolute atomic E-state index is 0.201. The number of phenols is 1. The summed E-state index contributed by atoms with van der Waals surface area (Å²) in [5.74, 6) is -0.196. The molecule has 0 atom stereocenters. The Balaban J connectivity index is 1.63. The van der Waals surface area contributed by atoms with Crippen molar-refractivity contribution >= 4 is 11.6 Å². The average Bonchev–Trinajstić information content (AvgIpc) is 3.19. The fourth-order valence-corrected chi connectivity index (χ4v) is 4.12. The molecule has 3 aromatic rings. The second-order valence-electron chi connectivity index (χ2n) is 7.92. The molecule has 1 amide bonds. The Kier molecular flexibility index (Phi) is 5.77. The number of carbonyl (C=O) groups is 1. The van der Waals surface area contributed by atoms with Gasteiger partial charge < -0.3 is 25.8 Å². The molecule has 1 aliphatic rings. The van der Waals surface area contributed by atoms with Gasteiger partial charge in [0.25, 0.3) is 5.91 Å². The molecule has 156 valence electrons. The van der Waals surface area contributed by atoms with Crippen molar-refractivity contribution in [3.8, 4) is 11.4 Å². The third kappa shape index (κ3) is 4.33. The number of aliphatic hydroxyl groups excluding tert-OH is 1. The monoisotopic (exact) mass is 405 g/mol. The predicted molar refractivity (Wildman–Crippen MR) is 117 cm³/mol. The predicted octanol–water partition coefficient (Wildman–Crippen LogP) is 3.59. The number of aromatic nitrogens is 1. The number of carbonyl (C=O) groups excluding carboxylic acids is 1. The maximum Gasteiger partial charge on any atom is 0.250 e. The van der Waals surface area contributed by atoms with E-state index in [-0.39, 0.29) is 17.9 Å². The van der Waals surface area contributed by atoms with Crippen LogP contribution >= 0.6 is 0 Å². The smallest absolute Gasteiger partial charge is 0.250 e. The van der Waals surface area contributed by atoms with E-state index in [0.29, 0.717) is 17.7 Å². The second-order valence-corrected chi connectivity index (χ2v) is 7.92. The number of nitrogens with one attached hydrogen (secondary N) is 1. The Morgan fingerprint density at radius 2 is 1.83 bits per heavy atom. The number of primary amides is 1. The summed E-state index contributed by atoms with van der Waals surface area (Å²) in [4.78, 5) is 12.0. The van der Waals surface area contributed by atoms with Crippen LogP contribution in [-0.4, -0.2) is 32.8 Å². The number of anilines is 1. The average molecular weight is 405 g/mol. The van der Waals surface area contributed by atoms with Crippen LogP contribution in [0.15, 0.2) is 60.8 Å². The molecule has 4 rings (SSSR count). The Labute approximate surface area is 176 Å². The molecule has 0 spiro atoms. The van der Waals surface area contributed by atoms with Gasteiger partial charge in [0.05, 0.1) is 11.7 Å². The maximum atomic E-state index is 12.0. The zero-order chi connectivity index (χ0) is 21.1. The highest BCUT2D eigenvalue weighted by Gasteiger charge is 2.21. The van der Waals surface area contributed by atoms with Crippen molar-refractivity contribution in [3.05, 3.63) is 77.6 Å². The number of nitrogens with zero attached hydrogens (tertiary/aromatic N) is 1. The number of rotatable bonds is 6. The van der Waals surface area contributed by atoms with Crippen LogP contribution in [0, 0.1) is 0 Å². The van der Waals surface area contributed by atoms with Crippen LogP contribution in [0.5, 0.6) is 5.75 Å². The zero-order valence-corrected chi connectivity index (χ0v) is 16.8. The Morgan fingerprint density at radius 3 is 2.57 bits per heavy atom. The van der Waals surface area contributed by atoms with Crippen LogP contribution in [0.1, 0.15) is 47.3 Å². The lowest BCUT2D eigenvalue weighted by Crippen LogP contribution is -2.29. The first-order valence-electron chi connectivity index (χ1n) is 10.3. The van der Waals surface area contributed by atoms with Crippen LogP contribution in [-0.2, 0) is 6.42 Å². The van der Waals surface area contributed by atoms with E-state index in [1.54, 1.807) is 12.1 Å². The summed E-state index contributed by atoms with van der Waals surface area (Å²) in [6, 6.07) is 17.1. The van der Waals surface area contributed by atoms with E-state index in [1.807, 2.05) is 53.2 Å². The highest BCUT2D eigenvalue weighted by molar-refractivity contribution is 5.99. The Bertz CT molecular complexity index is 1040. The molecule has 0 radical (unpaired) electrons. The summed E-state index contributed by atoms with van der Waals surface area (Å²) in [6.45, 7) is 0. The maximum absolute atomic E-state index is 12.0. The number of hydrogen-bond acceptors (Lipinski definition) is 4. The number of nitrogens with two attached hydrogens (primary N) is 1. The molecule has 0 saturated heterocycles. The fourth-order valence-electron chi connectivity index (χ4n) is 4.12. The molecule has 1 saturated carbocycles. The van der Waals surface area contributed by atoms with E-state index in [9.17, 15) is 15.0 Å². The summed E-state index contributed by atoms with van der Waals surface area (Å²) in [7, 11) is 0. The van der Waals surface area contributed by atoms with E-state index in [2.05, 4.69) is 5.32 Å². The van der Waals surface area contributed by atoms with Crippen LogP contribution in [0.2, 0.25) is 0 Å². The molecule has 6 nitrogen and oxygen atoms in total. The van der Waals surface area contributed by atoms with E-state index in [0.717, 1.165) is 42.6 Å². The third-order valence-corrected chi connectivity index (χ3v) is 5.80. The van der Waals surface area contributed by atoms with Gasteiger partial charge in [-0.25, -0.2) is 0 Å². The molecular formula is C24H27N3O3. The van der Waals surface area contributed by atoms with Crippen molar-refractivity contribution < 1.29 is 15.0 Å². The first-order valence-corrected chi connectivity index (χ1v) is 10.3. The first-order chi connectivity index (χ1) is 14.5. The van der Waals surface area contributed by atoms with E-state index < -0.39 is 5.91 Å². The Hall–Kier alpha value is -3.25. The van der Waals surface area contributed by atoms with Gasteiger partial charge in [-0.05, 0) is 67.6 Å². The van der Waals surface area contributed by atoms with Gasteiger partial charge in [0.15, 0.2) is 0 Å². The van der Waals surface area contributed by atoms with Gasteiger partial charge in [0.2, 0.25) is 0 Å². The molecule has 2 aromatic carbocycles. The fraction of sp³-hybridized carbons (Fsp3) is 0.292. The van der Waals surface area contributed by atoms with Crippen LogP contribution < -0.4 is 11.1 Å². The molecule has 30 heavy (non-hydrogen) atoms. The van der Waals surface area contributed by atoms with Crippen molar-refractivity contribution in [2.75, 3.05) is 5.32 Å². The lowest BCUT2D eigenvalue weighted by Gasteiger charge is -2.28. The normalized spacial score (nSPS) is 18.8. The molecular weight excluding hydrogens is 378 g/mol. The highest BCUT2D eigenvalue weighted by atomic mass is 16.3. The van der Waals surface area contributed by atoms with E-state index in [1.165, 1.54) is 0 Å². The second kappa shape index (κ2) is 8.63. The lowest BCUT2D eigenvalue weighted by molar-refractivity contribution is 0.100. The molecule has 1 aliphatic carbocycles. The van der Waals surface area contributed by atoms with E-state index in [4.69, 9.17) is 5.73 Å². The number of phenolic OH excluding ortho intramolecular Hbond substituents is 1. The number of aromatic hydroxyl groups is 1. The molecule has 0 unspecified atom stereocenters. The Morgan fingerprint density at radius 1 is 1.07 bits per heavy atom. The number of hydrogen-bond donors (Lipinski definition) is 4. The molecule has 1 aromatic heterocycles. The van der Waals surface area contributed by atoms with Gasteiger partial charge in [-0.3, -0.25) is 4.79 Å². The zero-order valence-electron chi connectivity index (χ0n) is 16.8. The third-order valence-electron chi connectivity index (χ3n) is 5.80. The topological polar surface area (TPSA) is 101 Å². The summed E-state index contributed by atoms with van der Waals surface area (Å²) in [5, 5.41) is 23.3. The highest BCUT2D eigenvalue weighted by Crippen LogP contribution is 2.28. The van der Waals surface area contributed by atoms with Gasteiger partial charge in [-0.2, -0.15) is 0 Å². The quantitative estimate of drug-likeness (QED) is 0.503. The van der Waals surface area contributed by atoms with Crippen molar-refractivity contribution in [2.45, 2.75) is 44.2 Å². The summed E-state index contributed by atoms with van der Waals surface area (Å²) >= 11 is 0. The summed E-state index contributed by atoms with van der Waals surface area (Å²) in [5.41, 5.74) is 9.56. The number of amides is 1. The van der Waals surface area contributed by atoms with Crippen LogP contribution in [0.25, 0.3) is 5.69 Å². The van der Waals surface area contributed by atoms with Crippen molar-refractivity contribution in [2.24, 2.45) is 5.73 Å². The number of para-hydroxylation sites is 1. The molecule has 6 heteroatoms. The van der Waals surface area contributed by atoms with Crippen LogP contribution in [0.3, 0.4) is 0 Å². The SMILES string of the molecule is NC(=O)c1ccc(-n2cccc2Cc2ccccc2O)cc1N[C@H]1CC[C@H](O)CC1. The molecule has 0 bridgehead atoms. The van der Waals surface area contributed by atoms with Crippen molar-refractivity contribution in [1.82, 2.24) is 4.57 Å². The van der Waals surface area contributed by atoms with Crippen molar-refractivity contribution in [1.29, 1.82) is 0 Å². The summed E-state index contributed by atoms with van der Waals surface area (Å²) in [6.07, 6.45) is 5.53.